The summed E-state index contributed by atoms with van der Waals surface area (Å²) in [5.41, 5.74) is -0.180. The monoisotopic (exact) mass is 412 g/mol. The maximum absolute atomic E-state index is 13.0. The Morgan fingerprint density at radius 3 is 2.48 bits per heavy atom. The smallest absolute Gasteiger partial charge is 0.318 e. The number of carbonyl (C=O) groups excluding carboxylic acids is 3. The molecule has 9 nitrogen and oxygen atoms in total. The number of morpholine rings is 1. The third-order valence-electron chi connectivity index (χ3n) is 5.05. The van der Waals surface area contributed by atoms with Gasteiger partial charge >= 0.3 is 6.03 Å². The van der Waals surface area contributed by atoms with Crippen LogP contribution < -0.4 is 10.6 Å². The summed E-state index contributed by atoms with van der Waals surface area (Å²) in [4.78, 5) is 41.6. The van der Waals surface area contributed by atoms with Crippen molar-refractivity contribution < 1.29 is 23.9 Å². The Balaban J connectivity index is 2.03. The highest BCUT2D eigenvalue weighted by Gasteiger charge is 2.39. The Hall–Kier alpha value is -1.71. The van der Waals surface area contributed by atoms with Crippen molar-refractivity contribution in [2.45, 2.75) is 51.8 Å². The van der Waals surface area contributed by atoms with Gasteiger partial charge in [0, 0.05) is 19.6 Å². The average molecular weight is 413 g/mol. The molecule has 2 N–H and O–H groups in total. The van der Waals surface area contributed by atoms with Crippen molar-refractivity contribution >= 4 is 17.7 Å². The highest BCUT2D eigenvalue weighted by Crippen LogP contribution is 2.22. The number of urea groups is 1. The molecule has 3 atom stereocenters. The topological polar surface area (TPSA) is 100 Å². The number of Topliss-reactive ketones (excluding diaryl/α,β-unsaturated/α-hetero) is 1. The molecule has 2 rings (SSSR count). The van der Waals surface area contributed by atoms with Gasteiger partial charge in [0.25, 0.3) is 0 Å². The Kier molecular flexibility index (Phi) is 8.42. The molecule has 0 aromatic heterocycles. The van der Waals surface area contributed by atoms with Crippen LogP contribution in [0.1, 0.15) is 33.6 Å². The fraction of sp³-hybridized carbons (Fsp3) is 0.850. The summed E-state index contributed by atoms with van der Waals surface area (Å²) in [6.07, 6.45) is 0.756. The van der Waals surface area contributed by atoms with E-state index in [1.54, 1.807) is 4.90 Å². The van der Waals surface area contributed by atoms with Gasteiger partial charge in [0.1, 0.15) is 18.7 Å². The highest BCUT2D eigenvalue weighted by molar-refractivity contribution is 5.94. The first-order valence-corrected chi connectivity index (χ1v) is 10.3. The summed E-state index contributed by atoms with van der Waals surface area (Å²) in [5.74, 6) is -0.476. The molecule has 0 aliphatic carbocycles. The van der Waals surface area contributed by atoms with Crippen LogP contribution in [0.15, 0.2) is 0 Å². The number of carbonyl (C=O) groups is 3. The lowest BCUT2D eigenvalue weighted by Gasteiger charge is -2.32. The molecule has 29 heavy (non-hydrogen) atoms. The van der Waals surface area contributed by atoms with Crippen molar-refractivity contribution in [2.75, 3.05) is 53.6 Å². The predicted octanol–water partition coefficient (Wildman–Crippen LogP) is 0.237. The second-order valence-electron chi connectivity index (χ2n) is 9.26. The van der Waals surface area contributed by atoms with Gasteiger partial charge in [-0.2, -0.15) is 0 Å². The molecule has 0 aromatic carbocycles. The van der Waals surface area contributed by atoms with Crippen LogP contribution in [0.3, 0.4) is 0 Å². The first-order valence-electron chi connectivity index (χ1n) is 10.3. The second-order valence-corrected chi connectivity index (χ2v) is 9.26. The minimum Gasteiger partial charge on any atom is -0.378 e. The van der Waals surface area contributed by atoms with E-state index < -0.39 is 12.1 Å². The largest absolute Gasteiger partial charge is 0.378 e. The molecule has 2 unspecified atom stereocenters. The van der Waals surface area contributed by atoms with Gasteiger partial charge in [0.2, 0.25) is 5.91 Å². The molecule has 166 valence electrons. The number of ketones is 1. The molecule has 3 amide bonds. The number of rotatable bonds is 7. The molecule has 0 radical (unpaired) electrons. The van der Waals surface area contributed by atoms with Crippen molar-refractivity contribution in [3.8, 4) is 0 Å². The first-order chi connectivity index (χ1) is 13.6. The SMILES string of the molecule is CN(C)CCC1OCC(=O)C1NC(=O)[C@H](CC(C)(C)C)NC(=O)N1CCOCC1. The summed E-state index contributed by atoms with van der Waals surface area (Å²) >= 11 is 0. The molecular weight excluding hydrogens is 376 g/mol. The van der Waals surface area contributed by atoms with Crippen LogP contribution in [0.2, 0.25) is 0 Å². The van der Waals surface area contributed by atoms with E-state index in [0.717, 1.165) is 6.54 Å². The zero-order chi connectivity index (χ0) is 21.6. The maximum Gasteiger partial charge on any atom is 0.318 e. The van der Waals surface area contributed by atoms with E-state index in [0.29, 0.717) is 39.1 Å². The lowest BCUT2D eigenvalue weighted by Crippen LogP contribution is -2.57. The highest BCUT2D eigenvalue weighted by atomic mass is 16.5. The zero-order valence-electron chi connectivity index (χ0n) is 18.3. The van der Waals surface area contributed by atoms with Crippen LogP contribution in [0.5, 0.6) is 0 Å². The van der Waals surface area contributed by atoms with Crippen molar-refractivity contribution in [3.05, 3.63) is 0 Å². The van der Waals surface area contributed by atoms with E-state index in [2.05, 4.69) is 10.6 Å². The van der Waals surface area contributed by atoms with E-state index in [-0.39, 0.29) is 35.8 Å². The third kappa shape index (κ3) is 7.56. The fourth-order valence-electron chi connectivity index (χ4n) is 3.47. The minimum absolute atomic E-state index is 0.00706. The van der Waals surface area contributed by atoms with Crippen molar-refractivity contribution in [1.29, 1.82) is 0 Å². The van der Waals surface area contributed by atoms with Crippen molar-refractivity contribution in [1.82, 2.24) is 20.4 Å². The standard InChI is InChI=1S/C20H36N4O5/c1-20(2,3)12-14(21-19(27)24-8-10-28-11-9-24)18(26)22-17-15(25)13-29-16(17)6-7-23(4)5/h14,16-17H,6-13H2,1-5H3,(H,21,27)(H,22,26)/t14-,16?,17?/m0/s1. The first kappa shape index (κ1) is 23.6. The maximum atomic E-state index is 13.0. The summed E-state index contributed by atoms with van der Waals surface area (Å²) in [6, 6.07) is -1.69. The molecule has 2 saturated heterocycles. The van der Waals surface area contributed by atoms with Crippen LogP contribution in [-0.4, -0.2) is 99.3 Å². The van der Waals surface area contributed by atoms with E-state index in [4.69, 9.17) is 9.47 Å². The molecule has 0 saturated carbocycles. The minimum atomic E-state index is -0.728. The molecule has 2 aliphatic rings. The van der Waals surface area contributed by atoms with Gasteiger partial charge in [-0.1, -0.05) is 20.8 Å². The van der Waals surface area contributed by atoms with Gasteiger partial charge in [-0.05, 0) is 32.4 Å². The summed E-state index contributed by atoms with van der Waals surface area (Å²) in [6.45, 7) is 8.77. The predicted molar refractivity (Wildman–Crippen MR) is 109 cm³/mol. The van der Waals surface area contributed by atoms with Gasteiger partial charge in [-0.3, -0.25) is 9.59 Å². The van der Waals surface area contributed by atoms with Crippen LogP contribution in [0, 0.1) is 5.41 Å². The lowest BCUT2D eigenvalue weighted by molar-refractivity contribution is -0.128. The Morgan fingerprint density at radius 1 is 1.24 bits per heavy atom. The van der Waals surface area contributed by atoms with Crippen LogP contribution in [0.4, 0.5) is 4.79 Å². The molecule has 2 heterocycles. The number of ether oxygens (including phenoxy) is 2. The third-order valence-corrected chi connectivity index (χ3v) is 5.05. The number of amides is 3. The van der Waals surface area contributed by atoms with Gasteiger partial charge < -0.3 is 29.9 Å². The Labute approximate surface area is 173 Å². The van der Waals surface area contributed by atoms with E-state index in [1.165, 1.54) is 0 Å². The lowest BCUT2D eigenvalue weighted by atomic mass is 9.87. The van der Waals surface area contributed by atoms with E-state index in [9.17, 15) is 14.4 Å². The zero-order valence-corrected chi connectivity index (χ0v) is 18.3. The number of nitrogens with one attached hydrogen (secondary N) is 2. The second kappa shape index (κ2) is 10.4. The van der Waals surface area contributed by atoms with E-state index >= 15 is 0 Å². The Morgan fingerprint density at radius 2 is 1.90 bits per heavy atom. The normalized spacial score (nSPS) is 23.9. The van der Waals surface area contributed by atoms with Gasteiger partial charge in [0.15, 0.2) is 5.78 Å². The number of hydrogen-bond acceptors (Lipinski definition) is 6. The summed E-state index contributed by atoms with van der Waals surface area (Å²) in [5, 5.41) is 5.70. The molecule has 2 aliphatic heterocycles. The number of hydrogen-bond donors (Lipinski definition) is 2. The van der Waals surface area contributed by atoms with Gasteiger partial charge in [0.05, 0.1) is 19.3 Å². The van der Waals surface area contributed by atoms with Gasteiger partial charge in [-0.15, -0.1) is 0 Å². The molecule has 0 spiro atoms. The van der Waals surface area contributed by atoms with Gasteiger partial charge in [-0.25, -0.2) is 4.79 Å². The van der Waals surface area contributed by atoms with Crippen molar-refractivity contribution in [2.24, 2.45) is 5.41 Å². The fourth-order valence-corrected chi connectivity index (χ4v) is 3.47. The average Bonchev–Trinajstić information content (AvgIpc) is 2.98. The molecule has 9 heteroatoms. The van der Waals surface area contributed by atoms with Crippen LogP contribution >= 0.6 is 0 Å². The quantitative estimate of drug-likeness (QED) is 0.621. The van der Waals surface area contributed by atoms with Crippen LogP contribution in [-0.2, 0) is 19.1 Å². The molecule has 0 aromatic rings. The molecular formula is C20H36N4O5. The van der Waals surface area contributed by atoms with Crippen LogP contribution in [0.25, 0.3) is 0 Å². The molecule has 2 fully saturated rings. The van der Waals surface area contributed by atoms with E-state index in [1.807, 2.05) is 39.8 Å². The Bertz CT molecular complexity index is 584. The molecule has 0 bridgehead atoms. The summed E-state index contributed by atoms with van der Waals surface area (Å²) in [7, 11) is 3.90. The number of nitrogens with zero attached hydrogens (tertiary/aromatic N) is 2. The summed E-state index contributed by atoms with van der Waals surface area (Å²) < 4.78 is 10.9. The van der Waals surface area contributed by atoms with Crippen molar-refractivity contribution in [3.63, 3.8) is 0 Å².